The third kappa shape index (κ3) is 3.28. The van der Waals surface area contributed by atoms with E-state index < -0.39 is 28.8 Å². The highest BCUT2D eigenvalue weighted by Gasteiger charge is 2.20. The number of amides is 1. The Bertz CT molecular complexity index is 467. The number of carboxylic acids is 1. The Balaban J connectivity index is 2.59. The summed E-state index contributed by atoms with van der Waals surface area (Å²) in [4.78, 5) is 31.6. The molecule has 0 spiro atoms. The summed E-state index contributed by atoms with van der Waals surface area (Å²) in [6.07, 6.45) is -1.20. The highest BCUT2D eigenvalue weighted by Crippen LogP contribution is 2.15. The molecule has 1 atom stereocenters. The zero-order valence-electron chi connectivity index (χ0n) is 9.28. The lowest BCUT2D eigenvalue weighted by atomic mass is 10.3. The van der Waals surface area contributed by atoms with Crippen LogP contribution in [-0.4, -0.2) is 41.7 Å². The van der Waals surface area contributed by atoms with Crippen molar-refractivity contribution < 1.29 is 28.8 Å². The van der Waals surface area contributed by atoms with E-state index in [1.165, 1.54) is 7.11 Å². The maximum Gasteiger partial charge on any atom is 0.433 e. The first-order chi connectivity index (χ1) is 8.45. The van der Waals surface area contributed by atoms with E-state index in [0.717, 1.165) is 12.1 Å². The first kappa shape index (κ1) is 13.6. The molecule has 1 rings (SSSR count). The first-order valence-corrected chi connectivity index (χ1v) is 4.73. The highest BCUT2D eigenvalue weighted by atomic mass is 16.6. The van der Waals surface area contributed by atoms with Gasteiger partial charge in [0.1, 0.15) is 4.92 Å². The van der Waals surface area contributed by atoms with Crippen LogP contribution in [0.1, 0.15) is 10.6 Å². The smallest absolute Gasteiger partial charge is 0.433 e. The van der Waals surface area contributed by atoms with E-state index in [0.29, 0.717) is 0 Å². The topological polar surface area (TPSA) is 132 Å². The second-order valence-corrected chi connectivity index (χ2v) is 3.17. The Morgan fingerprint density at radius 2 is 2.28 bits per heavy atom. The van der Waals surface area contributed by atoms with Crippen molar-refractivity contribution in [2.24, 2.45) is 0 Å². The summed E-state index contributed by atoms with van der Waals surface area (Å²) in [6.45, 7) is -0.279. The normalized spacial score (nSPS) is 11.8. The van der Waals surface area contributed by atoms with Gasteiger partial charge in [-0.2, -0.15) is 0 Å². The zero-order chi connectivity index (χ0) is 13.7. The molecule has 9 nitrogen and oxygen atoms in total. The molecule has 2 N–H and O–H groups in total. The molecular formula is C9H10N2O7. The van der Waals surface area contributed by atoms with Crippen molar-refractivity contribution in [1.82, 2.24) is 5.32 Å². The standard InChI is InChI=1S/C9H10N2O7/c1-17-6(9(13)14)4-10-8(12)5-2-3-7(18-5)11(15)16/h2-3,6H,4H2,1H3,(H,10,12)(H,13,14). The van der Waals surface area contributed by atoms with Gasteiger partial charge in [0.05, 0.1) is 12.6 Å². The number of furan rings is 1. The second-order valence-electron chi connectivity index (χ2n) is 3.17. The number of hydrogen-bond acceptors (Lipinski definition) is 6. The van der Waals surface area contributed by atoms with Gasteiger partial charge >= 0.3 is 11.9 Å². The summed E-state index contributed by atoms with van der Waals surface area (Å²) in [5, 5.41) is 21.2. The molecule has 0 saturated carbocycles. The Labute approximate surface area is 100 Å². The van der Waals surface area contributed by atoms with Gasteiger partial charge in [-0.15, -0.1) is 0 Å². The number of nitrogens with one attached hydrogen (secondary N) is 1. The lowest BCUT2D eigenvalue weighted by molar-refractivity contribution is -0.402. The van der Waals surface area contributed by atoms with Crippen LogP contribution in [0, 0.1) is 10.1 Å². The molecule has 0 radical (unpaired) electrons. The molecule has 1 aromatic heterocycles. The minimum atomic E-state index is -1.23. The van der Waals surface area contributed by atoms with Crippen LogP contribution in [0.2, 0.25) is 0 Å². The van der Waals surface area contributed by atoms with Gasteiger partial charge in [-0.25, -0.2) is 4.79 Å². The lowest BCUT2D eigenvalue weighted by Gasteiger charge is -2.10. The Kier molecular flexibility index (Phi) is 4.38. The molecule has 1 amide bonds. The van der Waals surface area contributed by atoms with Crippen molar-refractivity contribution in [2.45, 2.75) is 6.10 Å². The van der Waals surface area contributed by atoms with Crippen LogP contribution >= 0.6 is 0 Å². The number of nitro groups is 1. The summed E-state index contributed by atoms with van der Waals surface area (Å²) in [5.41, 5.74) is 0. The van der Waals surface area contributed by atoms with E-state index in [9.17, 15) is 19.7 Å². The second kappa shape index (κ2) is 5.77. The van der Waals surface area contributed by atoms with Gasteiger partial charge < -0.3 is 19.6 Å². The molecule has 18 heavy (non-hydrogen) atoms. The summed E-state index contributed by atoms with van der Waals surface area (Å²) in [7, 11) is 1.18. The summed E-state index contributed by atoms with van der Waals surface area (Å²) in [6, 6.07) is 2.15. The number of carboxylic acid groups (broad SMARTS) is 1. The number of rotatable bonds is 6. The summed E-state index contributed by atoms with van der Waals surface area (Å²) < 4.78 is 9.22. The molecule has 1 heterocycles. The average Bonchev–Trinajstić information content (AvgIpc) is 2.78. The van der Waals surface area contributed by atoms with Gasteiger partial charge in [-0.05, 0) is 6.07 Å². The van der Waals surface area contributed by atoms with Crippen LogP contribution in [0.5, 0.6) is 0 Å². The summed E-state index contributed by atoms with van der Waals surface area (Å²) in [5.74, 6) is -2.83. The van der Waals surface area contributed by atoms with Crippen molar-refractivity contribution in [3.05, 3.63) is 28.0 Å². The fraction of sp³-hybridized carbons (Fsp3) is 0.333. The van der Waals surface area contributed by atoms with E-state index in [2.05, 4.69) is 14.5 Å². The Morgan fingerprint density at radius 1 is 1.61 bits per heavy atom. The molecule has 1 unspecified atom stereocenters. The minimum Gasteiger partial charge on any atom is -0.479 e. The highest BCUT2D eigenvalue weighted by molar-refractivity contribution is 5.92. The minimum absolute atomic E-state index is 0.276. The van der Waals surface area contributed by atoms with Crippen LogP contribution in [0.3, 0.4) is 0 Å². The van der Waals surface area contributed by atoms with Gasteiger partial charge in [-0.1, -0.05) is 0 Å². The molecule has 98 valence electrons. The van der Waals surface area contributed by atoms with Crippen molar-refractivity contribution in [2.75, 3.05) is 13.7 Å². The fourth-order valence-corrected chi connectivity index (χ4v) is 1.09. The van der Waals surface area contributed by atoms with Crippen molar-refractivity contribution in [3.63, 3.8) is 0 Å². The van der Waals surface area contributed by atoms with Gasteiger partial charge in [0, 0.05) is 7.11 Å². The maximum absolute atomic E-state index is 11.4. The molecule has 1 aromatic rings. The third-order valence-corrected chi connectivity index (χ3v) is 2.00. The molecule has 0 aliphatic carbocycles. The molecule has 0 aliphatic heterocycles. The quantitative estimate of drug-likeness (QED) is 0.542. The van der Waals surface area contributed by atoms with Crippen molar-refractivity contribution in [3.8, 4) is 0 Å². The predicted octanol–water partition coefficient (Wildman–Crippen LogP) is 0.0172. The maximum atomic E-state index is 11.4. The lowest BCUT2D eigenvalue weighted by Crippen LogP contribution is -2.37. The molecule has 9 heteroatoms. The molecule has 0 saturated heterocycles. The number of aliphatic carboxylic acids is 1. The van der Waals surface area contributed by atoms with Crippen LogP contribution in [0.25, 0.3) is 0 Å². The molecule has 0 fully saturated rings. The van der Waals surface area contributed by atoms with Gasteiger partial charge in [0.2, 0.25) is 0 Å². The van der Waals surface area contributed by atoms with Crippen molar-refractivity contribution in [1.29, 1.82) is 0 Å². The number of carbonyl (C=O) groups excluding carboxylic acids is 1. The van der Waals surface area contributed by atoms with Crippen LogP contribution < -0.4 is 5.32 Å². The summed E-state index contributed by atoms with van der Waals surface area (Å²) >= 11 is 0. The van der Waals surface area contributed by atoms with Gasteiger partial charge in [0.15, 0.2) is 11.9 Å². The van der Waals surface area contributed by atoms with Gasteiger partial charge in [0.25, 0.3) is 5.91 Å². The Hall–Kier alpha value is -2.42. The van der Waals surface area contributed by atoms with E-state index >= 15 is 0 Å². The zero-order valence-corrected chi connectivity index (χ0v) is 9.28. The SMILES string of the molecule is COC(CNC(=O)c1ccc([N+](=O)[O-])o1)C(=O)O. The molecule has 0 bridgehead atoms. The number of methoxy groups -OCH3 is 1. The first-order valence-electron chi connectivity index (χ1n) is 4.73. The van der Waals surface area contributed by atoms with Crippen LogP contribution in [-0.2, 0) is 9.53 Å². The number of hydrogen-bond donors (Lipinski definition) is 2. The van der Waals surface area contributed by atoms with E-state index in [4.69, 9.17) is 5.11 Å². The third-order valence-electron chi connectivity index (χ3n) is 2.00. The largest absolute Gasteiger partial charge is 0.479 e. The monoisotopic (exact) mass is 258 g/mol. The molecule has 0 aromatic carbocycles. The van der Waals surface area contributed by atoms with Crippen LogP contribution in [0.4, 0.5) is 5.88 Å². The van der Waals surface area contributed by atoms with E-state index in [1.54, 1.807) is 0 Å². The number of ether oxygens (including phenoxy) is 1. The Morgan fingerprint density at radius 3 is 2.72 bits per heavy atom. The number of nitrogens with zero attached hydrogens (tertiary/aromatic N) is 1. The van der Waals surface area contributed by atoms with Crippen molar-refractivity contribution >= 4 is 17.8 Å². The van der Waals surface area contributed by atoms with E-state index in [-0.39, 0.29) is 12.3 Å². The molecule has 0 aliphatic rings. The number of carbonyl (C=O) groups is 2. The average molecular weight is 258 g/mol. The van der Waals surface area contributed by atoms with Crippen LogP contribution in [0.15, 0.2) is 16.5 Å². The molecular weight excluding hydrogens is 248 g/mol. The van der Waals surface area contributed by atoms with Gasteiger partial charge in [-0.3, -0.25) is 14.9 Å². The van der Waals surface area contributed by atoms with E-state index in [1.807, 2.05) is 0 Å². The fourth-order valence-electron chi connectivity index (χ4n) is 1.09. The predicted molar refractivity (Wildman–Crippen MR) is 56.1 cm³/mol.